The smallest absolute Gasteiger partial charge is 0.290 e. The number of para-hydroxylation sites is 1. The number of aryl methyl sites for hydroxylation is 3. The molecule has 1 aliphatic heterocycles. The maximum Gasteiger partial charge on any atom is 0.290 e. The molecule has 0 bridgehead atoms. The highest BCUT2D eigenvalue weighted by Gasteiger charge is 2.26. The van der Waals surface area contributed by atoms with Gasteiger partial charge in [-0.15, -0.1) is 0 Å². The summed E-state index contributed by atoms with van der Waals surface area (Å²) < 4.78 is 7.40. The SMILES string of the molecule is Cc1cc(C)c(C(=O)N2CCCn3nc(C(=O)Nc4ccccc4)cc3C2)o1. The van der Waals surface area contributed by atoms with Crippen LogP contribution in [-0.4, -0.2) is 33.0 Å². The number of nitrogens with zero attached hydrogens (tertiary/aromatic N) is 3. The Kier molecular flexibility index (Phi) is 4.73. The monoisotopic (exact) mass is 378 g/mol. The van der Waals surface area contributed by atoms with E-state index in [0.717, 1.165) is 29.1 Å². The van der Waals surface area contributed by atoms with Gasteiger partial charge in [0.2, 0.25) is 0 Å². The summed E-state index contributed by atoms with van der Waals surface area (Å²) in [4.78, 5) is 27.2. The predicted molar refractivity (Wildman–Crippen MR) is 104 cm³/mol. The minimum absolute atomic E-state index is 0.129. The molecule has 0 spiro atoms. The molecule has 0 unspecified atom stereocenters. The lowest BCUT2D eigenvalue weighted by molar-refractivity contribution is 0.0711. The molecule has 0 saturated heterocycles. The van der Waals surface area contributed by atoms with Crippen LogP contribution in [0, 0.1) is 13.8 Å². The van der Waals surface area contributed by atoms with Gasteiger partial charge in [-0.3, -0.25) is 14.3 Å². The van der Waals surface area contributed by atoms with Crippen molar-refractivity contribution >= 4 is 17.5 Å². The van der Waals surface area contributed by atoms with E-state index in [9.17, 15) is 9.59 Å². The molecule has 28 heavy (non-hydrogen) atoms. The number of aromatic nitrogens is 2. The second-order valence-electron chi connectivity index (χ2n) is 7.01. The highest BCUT2D eigenvalue weighted by Crippen LogP contribution is 2.20. The Balaban J connectivity index is 1.53. The van der Waals surface area contributed by atoms with Gasteiger partial charge in [0.05, 0.1) is 12.2 Å². The Morgan fingerprint density at radius 2 is 1.89 bits per heavy atom. The third kappa shape index (κ3) is 3.55. The van der Waals surface area contributed by atoms with Crippen molar-refractivity contribution in [2.75, 3.05) is 11.9 Å². The standard InChI is InChI=1S/C21H22N4O3/c1-14-11-15(2)28-19(14)21(27)24-9-6-10-25-17(13-24)12-18(23-25)20(26)22-16-7-4-3-5-8-16/h3-5,7-8,11-12H,6,9-10,13H2,1-2H3,(H,22,26). The molecule has 7 heteroatoms. The van der Waals surface area contributed by atoms with Crippen molar-refractivity contribution in [1.82, 2.24) is 14.7 Å². The number of hydrogen-bond donors (Lipinski definition) is 1. The van der Waals surface area contributed by atoms with Gasteiger partial charge < -0.3 is 14.6 Å². The zero-order valence-corrected chi connectivity index (χ0v) is 15.9. The van der Waals surface area contributed by atoms with Crippen LogP contribution in [0.2, 0.25) is 0 Å². The first-order chi connectivity index (χ1) is 13.5. The molecule has 1 aromatic carbocycles. The molecule has 0 aliphatic carbocycles. The summed E-state index contributed by atoms with van der Waals surface area (Å²) in [5, 5.41) is 7.28. The van der Waals surface area contributed by atoms with E-state index in [4.69, 9.17) is 4.42 Å². The van der Waals surface area contributed by atoms with Gasteiger partial charge in [-0.05, 0) is 44.5 Å². The first-order valence-electron chi connectivity index (χ1n) is 9.30. The average Bonchev–Trinajstić information content (AvgIpc) is 3.17. The number of carbonyl (C=O) groups excluding carboxylic acids is 2. The maximum atomic E-state index is 12.9. The Morgan fingerprint density at radius 1 is 1.11 bits per heavy atom. The average molecular weight is 378 g/mol. The zero-order valence-electron chi connectivity index (χ0n) is 15.9. The number of furan rings is 1. The third-order valence-electron chi connectivity index (χ3n) is 4.80. The molecule has 7 nitrogen and oxygen atoms in total. The summed E-state index contributed by atoms with van der Waals surface area (Å²) in [5.41, 5.74) is 2.74. The molecule has 0 saturated carbocycles. The molecule has 2 amide bonds. The molecule has 3 heterocycles. The molecule has 0 atom stereocenters. The molecular formula is C21H22N4O3. The third-order valence-corrected chi connectivity index (χ3v) is 4.80. The van der Waals surface area contributed by atoms with E-state index in [-0.39, 0.29) is 11.8 Å². The van der Waals surface area contributed by atoms with Crippen molar-refractivity contribution in [3.05, 3.63) is 70.9 Å². The van der Waals surface area contributed by atoms with Crippen LogP contribution in [0.25, 0.3) is 0 Å². The number of hydrogen-bond acceptors (Lipinski definition) is 4. The van der Waals surface area contributed by atoms with Gasteiger partial charge >= 0.3 is 0 Å². The number of anilines is 1. The van der Waals surface area contributed by atoms with Crippen LogP contribution in [0.15, 0.2) is 46.9 Å². The van der Waals surface area contributed by atoms with E-state index in [1.54, 1.807) is 11.0 Å². The Labute approximate surface area is 162 Å². The molecule has 0 radical (unpaired) electrons. The minimum Gasteiger partial charge on any atom is -0.456 e. The second-order valence-corrected chi connectivity index (χ2v) is 7.01. The van der Waals surface area contributed by atoms with E-state index in [2.05, 4.69) is 10.4 Å². The van der Waals surface area contributed by atoms with Crippen LogP contribution in [0.4, 0.5) is 5.69 Å². The van der Waals surface area contributed by atoms with E-state index in [1.807, 2.05) is 54.9 Å². The van der Waals surface area contributed by atoms with Gasteiger partial charge in [0.1, 0.15) is 5.76 Å². The number of amides is 2. The Bertz CT molecular complexity index is 1020. The van der Waals surface area contributed by atoms with Crippen molar-refractivity contribution in [2.45, 2.75) is 33.4 Å². The molecule has 2 aromatic heterocycles. The first-order valence-corrected chi connectivity index (χ1v) is 9.30. The summed E-state index contributed by atoms with van der Waals surface area (Å²) in [7, 11) is 0. The molecule has 144 valence electrons. The van der Waals surface area contributed by atoms with Crippen molar-refractivity contribution in [3.8, 4) is 0 Å². The topological polar surface area (TPSA) is 80.4 Å². The van der Waals surface area contributed by atoms with Gasteiger partial charge in [0.25, 0.3) is 11.8 Å². The van der Waals surface area contributed by atoms with Gasteiger partial charge in [0, 0.05) is 24.3 Å². The molecular weight excluding hydrogens is 356 g/mol. The highest BCUT2D eigenvalue weighted by atomic mass is 16.4. The van der Waals surface area contributed by atoms with Crippen LogP contribution in [0.5, 0.6) is 0 Å². The Hall–Kier alpha value is -3.35. The second kappa shape index (κ2) is 7.34. The summed E-state index contributed by atoms with van der Waals surface area (Å²) in [6.07, 6.45) is 0.763. The van der Waals surface area contributed by atoms with Crippen LogP contribution < -0.4 is 5.32 Å². The van der Waals surface area contributed by atoms with Gasteiger partial charge in [0.15, 0.2) is 11.5 Å². The fourth-order valence-electron chi connectivity index (χ4n) is 3.46. The minimum atomic E-state index is -0.262. The molecule has 3 aromatic rings. The fraction of sp³-hybridized carbons (Fsp3) is 0.286. The summed E-state index contributed by atoms with van der Waals surface area (Å²) >= 11 is 0. The quantitative estimate of drug-likeness (QED) is 0.758. The predicted octanol–water partition coefficient (Wildman–Crippen LogP) is 3.39. The maximum absolute atomic E-state index is 12.9. The van der Waals surface area contributed by atoms with Gasteiger partial charge in [-0.25, -0.2) is 0 Å². The van der Waals surface area contributed by atoms with Crippen molar-refractivity contribution in [2.24, 2.45) is 0 Å². The Morgan fingerprint density at radius 3 is 2.61 bits per heavy atom. The zero-order chi connectivity index (χ0) is 19.7. The van der Waals surface area contributed by atoms with Gasteiger partial charge in [-0.1, -0.05) is 18.2 Å². The number of nitrogens with one attached hydrogen (secondary N) is 1. The van der Waals surface area contributed by atoms with E-state index >= 15 is 0 Å². The van der Waals surface area contributed by atoms with Crippen LogP contribution in [0.3, 0.4) is 0 Å². The highest BCUT2D eigenvalue weighted by molar-refractivity contribution is 6.03. The lowest BCUT2D eigenvalue weighted by atomic mass is 10.2. The number of fused-ring (bicyclic) bond motifs is 1. The van der Waals surface area contributed by atoms with Crippen molar-refractivity contribution in [1.29, 1.82) is 0 Å². The summed E-state index contributed by atoms with van der Waals surface area (Å²) in [6.45, 7) is 5.38. The van der Waals surface area contributed by atoms with Crippen LogP contribution in [0.1, 0.15) is 44.5 Å². The number of benzene rings is 1. The summed E-state index contributed by atoms with van der Waals surface area (Å²) in [5.74, 6) is 0.714. The van der Waals surface area contributed by atoms with Crippen LogP contribution in [-0.2, 0) is 13.1 Å². The largest absolute Gasteiger partial charge is 0.456 e. The van der Waals surface area contributed by atoms with Crippen molar-refractivity contribution < 1.29 is 14.0 Å². The molecule has 0 fully saturated rings. The number of rotatable bonds is 3. The lowest BCUT2D eigenvalue weighted by Gasteiger charge is -2.19. The molecule has 1 N–H and O–H groups in total. The lowest BCUT2D eigenvalue weighted by Crippen LogP contribution is -2.30. The normalized spacial score (nSPS) is 13.7. The molecule has 4 rings (SSSR count). The fourth-order valence-corrected chi connectivity index (χ4v) is 3.46. The van der Waals surface area contributed by atoms with Crippen LogP contribution >= 0.6 is 0 Å². The van der Waals surface area contributed by atoms with E-state index in [1.165, 1.54) is 0 Å². The van der Waals surface area contributed by atoms with Gasteiger partial charge in [-0.2, -0.15) is 5.10 Å². The van der Waals surface area contributed by atoms with E-state index in [0.29, 0.717) is 31.1 Å². The summed E-state index contributed by atoms with van der Waals surface area (Å²) in [6, 6.07) is 12.9. The van der Waals surface area contributed by atoms with E-state index < -0.39 is 0 Å². The molecule has 1 aliphatic rings. The van der Waals surface area contributed by atoms with Crippen molar-refractivity contribution in [3.63, 3.8) is 0 Å². The first kappa shape index (κ1) is 18.0. The number of carbonyl (C=O) groups is 2.